The van der Waals surface area contributed by atoms with E-state index < -0.39 is 4.92 Å². The lowest BCUT2D eigenvalue weighted by Gasteiger charge is -2.07. The minimum absolute atomic E-state index is 0.0594. The summed E-state index contributed by atoms with van der Waals surface area (Å²) in [7, 11) is 1.55. The lowest BCUT2D eigenvalue weighted by molar-refractivity contribution is -0.384. The zero-order valence-corrected chi connectivity index (χ0v) is 12.1. The van der Waals surface area contributed by atoms with Crippen molar-refractivity contribution < 1.29 is 14.5 Å². The van der Waals surface area contributed by atoms with Crippen LogP contribution in [0.15, 0.2) is 48.5 Å². The van der Waals surface area contributed by atoms with Crippen LogP contribution in [0.3, 0.4) is 0 Å². The van der Waals surface area contributed by atoms with Gasteiger partial charge in [-0.25, -0.2) is 0 Å². The Hall–Kier alpha value is -2.89. The third-order valence-corrected chi connectivity index (χ3v) is 3.18. The molecule has 22 heavy (non-hydrogen) atoms. The molecule has 0 unspecified atom stereocenters. The summed E-state index contributed by atoms with van der Waals surface area (Å²) in [5.74, 6) is 0.448. The van der Waals surface area contributed by atoms with E-state index in [4.69, 9.17) is 4.74 Å². The van der Waals surface area contributed by atoms with Gasteiger partial charge >= 0.3 is 0 Å². The summed E-state index contributed by atoms with van der Waals surface area (Å²) < 4.78 is 5.07. The molecule has 0 aliphatic heterocycles. The van der Waals surface area contributed by atoms with Crippen LogP contribution in [0.1, 0.15) is 15.9 Å². The molecule has 0 aliphatic carbocycles. The summed E-state index contributed by atoms with van der Waals surface area (Å²) in [6.07, 6.45) is 0.605. The minimum Gasteiger partial charge on any atom is -0.497 e. The van der Waals surface area contributed by atoms with E-state index in [1.54, 1.807) is 43.5 Å². The van der Waals surface area contributed by atoms with Gasteiger partial charge in [0.05, 0.1) is 12.0 Å². The quantitative estimate of drug-likeness (QED) is 0.656. The van der Waals surface area contributed by atoms with E-state index in [1.165, 1.54) is 12.1 Å². The molecule has 0 fully saturated rings. The molecule has 0 bridgehead atoms. The van der Waals surface area contributed by atoms with Gasteiger partial charge in [-0.2, -0.15) is 0 Å². The summed E-state index contributed by atoms with van der Waals surface area (Å²) in [6, 6.07) is 13.2. The Bertz CT molecular complexity index is 668. The van der Waals surface area contributed by atoms with Crippen LogP contribution in [0.2, 0.25) is 0 Å². The predicted molar refractivity (Wildman–Crippen MR) is 82.1 cm³/mol. The van der Waals surface area contributed by atoms with E-state index in [9.17, 15) is 14.9 Å². The fraction of sp³-hybridized carbons (Fsp3) is 0.188. The van der Waals surface area contributed by atoms with E-state index >= 15 is 0 Å². The molecule has 1 N–H and O–H groups in total. The molecule has 0 spiro atoms. The first-order valence-electron chi connectivity index (χ1n) is 6.76. The van der Waals surface area contributed by atoms with Crippen LogP contribution < -0.4 is 10.1 Å². The Balaban J connectivity index is 1.87. The average Bonchev–Trinajstić information content (AvgIpc) is 2.55. The molecule has 0 heterocycles. The van der Waals surface area contributed by atoms with Gasteiger partial charge in [-0.15, -0.1) is 0 Å². The van der Waals surface area contributed by atoms with E-state index in [-0.39, 0.29) is 11.6 Å². The maximum Gasteiger partial charge on any atom is 0.269 e. The fourth-order valence-corrected chi connectivity index (χ4v) is 1.97. The smallest absolute Gasteiger partial charge is 0.269 e. The lowest BCUT2D eigenvalue weighted by Crippen LogP contribution is -2.25. The van der Waals surface area contributed by atoms with Crippen LogP contribution in [0.4, 0.5) is 5.69 Å². The highest BCUT2D eigenvalue weighted by Crippen LogP contribution is 2.13. The Morgan fingerprint density at radius 1 is 1.23 bits per heavy atom. The minimum atomic E-state index is -0.436. The van der Waals surface area contributed by atoms with Crippen molar-refractivity contribution in [1.82, 2.24) is 5.32 Å². The SMILES string of the molecule is COc1cccc(C(=O)NCCc2ccc([N+](=O)[O-])cc2)c1. The van der Waals surface area contributed by atoms with Crippen LogP contribution in [0.25, 0.3) is 0 Å². The van der Waals surface area contributed by atoms with Gasteiger partial charge in [0.2, 0.25) is 0 Å². The van der Waals surface area contributed by atoms with Gasteiger partial charge in [-0.1, -0.05) is 18.2 Å². The summed E-state index contributed by atoms with van der Waals surface area (Å²) in [4.78, 5) is 22.1. The monoisotopic (exact) mass is 300 g/mol. The van der Waals surface area contributed by atoms with E-state index in [1.807, 2.05) is 0 Å². The number of nitro groups is 1. The van der Waals surface area contributed by atoms with Gasteiger partial charge in [-0.05, 0) is 30.2 Å². The van der Waals surface area contributed by atoms with Crippen LogP contribution in [0, 0.1) is 10.1 Å². The summed E-state index contributed by atoms with van der Waals surface area (Å²) in [5, 5.41) is 13.4. The van der Waals surface area contributed by atoms with Crippen molar-refractivity contribution in [2.24, 2.45) is 0 Å². The molecular weight excluding hydrogens is 284 g/mol. The Morgan fingerprint density at radius 3 is 2.59 bits per heavy atom. The Labute approximate surface area is 127 Å². The molecular formula is C16H16N2O4. The van der Waals surface area contributed by atoms with E-state index in [2.05, 4.69) is 5.32 Å². The molecule has 0 radical (unpaired) electrons. The van der Waals surface area contributed by atoms with Crippen molar-refractivity contribution in [3.8, 4) is 5.75 Å². The number of non-ortho nitro benzene ring substituents is 1. The van der Waals surface area contributed by atoms with Crippen molar-refractivity contribution in [1.29, 1.82) is 0 Å². The highest BCUT2D eigenvalue weighted by Gasteiger charge is 2.07. The number of carbonyl (C=O) groups is 1. The first-order valence-corrected chi connectivity index (χ1v) is 6.76. The number of rotatable bonds is 6. The number of hydrogen-bond donors (Lipinski definition) is 1. The number of amides is 1. The van der Waals surface area contributed by atoms with Crippen LogP contribution in [-0.4, -0.2) is 24.5 Å². The maximum absolute atomic E-state index is 12.0. The number of ether oxygens (including phenoxy) is 1. The van der Waals surface area contributed by atoms with Gasteiger partial charge < -0.3 is 10.1 Å². The molecule has 2 aromatic rings. The van der Waals surface area contributed by atoms with Gasteiger partial charge in [0, 0.05) is 24.2 Å². The zero-order valence-electron chi connectivity index (χ0n) is 12.1. The molecule has 0 saturated carbocycles. The van der Waals surface area contributed by atoms with Gasteiger partial charge in [-0.3, -0.25) is 14.9 Å². The van der Waals surface area contributed by atoms with Crippen molar-refractivity contribution >= 4 is 11.6 Å². The predicted octanol–water partition coefficient (Wildman–Crippen LogP) is 2.58. The number of methoxy groups -OCH3 is 1. The molecule has 114 valence electrons. The van der Waals surface area contributed by atoms with Gasteiger partial charge in [0.15, 0.2) is 0 Å². The average molecular weight is 300 g/mol. The summed E-state index contributed by atoms with van der Waals surface area (Å²) >= 11 is 0. The second-order valence-electron chi connectivity index (χ2n) is 4.66. The fourth-order valence-electron chi connectivity index (χ4n) is 1.97. The molecule has 0 atom stereocenters. The van der Waals surface area contributed by atoms with Crippen LogP contribution in [0.5, 0.6) is 5.75 Å². The Morgan fingerprint density at radius 2 is 1.95 bits per heavy atom. The van der Waals surface area contributed by atoms with Crippen molar-refractivity contribution in [3.05, 3.63) is 69.8 Å². The first kappa shape index (κ1) is 15.5. The number of nitro benzene ring substituents is 1. The molecule has 2 rings (SSSR count). The second kappa shape index (κ2) is 7.21. The van der Waals surface area contributed by atoms with Crippen LogP contribution >= 0.6 is 0 Å². The van der Waals surface area contributed by atoms with Crippen molar-refractivity contribution in [2.75, 3.05) is 13.7 Å². The van der Waals surface area contributed by atoms with E-state index in [0.29, 0.717) is 24.3 Å². The Kier molecular flexibility index (Phi) is 5.08. The zero-order chi connectivity index (χ0) is 15.9. The normalized spacial score (nSPS) is 10.0. The molecule has 0 aliphatic rings. The van der Waals surface area contributed by atoms with Gasteiger partial charge in [0.1, 0.15) is 5.75 Å². The number of nitrogens with zero attached hydrogens (tertiary/aromatic N) is 1. The molecule has 1 amide bonds. The third kappa shape index (κ3) is 4.05. The molecule has 6 heteroatoms. The summed E-state index contributed by atoms with van der Waals surface area (Å²) in [6.45, 7) is 0.452. The number of nitrogens with one attached hydrogen (secondary N) is 1. The molecule has 2 aromatic carbocycles. The molecule has 0 saturated heterocycles. The second-order valence-corrected chi connectivity index (χ2v) is 4.66. The van der Waals surface area contributed by atoms with Crippen molar-refractivity contribution in [2.45, 2.75) is 6.42 Å². The van der Waals surface area contributed by atoms with Crippen LogP contribution in [-0.2, 0) is 6.42 Å². The topological polar surface area (TPSA) is 81.5 Å². The molecule has 0 aromatic heterocycles. The number of hydrogen-bond acceptors (Lipinski definition) is 4. The van der Waals surface area contributed by atoms with E-state index in [0.717, 1.165) is 5.56 Å². The first-order chi connectivity index (χ1) is 10.6. The maximum atomic E-state index is 12.0. The van der Waals surface area contributed by atoms with Crippen molar-refractivity contribution in [3.63, 3.8) is 0 Å². The number of carbonyl (C=O) groups excluding carboxylic acids is 1. The highest BCUT2D eigenvalue weighted by molar-refractivity contribution is 5.94. The molecule has 6 nitrogen and oxygen atoms in total. The number of benzene rings is 2. The largest absolute Gasteiger partial charge is 0.497 e. The standard InChI is InChI=1S/C16H16N2O4/c1-22-15-4-2-3-13(11-15)16(19)17-10-9-12-5-7-14(8-6-12)18(20)21/h2-8,11H,9-10H2,1H3,(H,17,19). The van der Waals surface area contributed by atoms with Gasteiger partial charge in [0.25, 0.3) is 11.6 Å². The third-order valence-electron chi connectivity index (χ3n) is 3.18. The summed E-state index contributed by atoms with van der Waals surface area (Å²) in [5.41, 5.74) is 1.52. The highest BCUT2D eigenvalue weighted by atomic mass is 16.6. The lowest BCUT2D eigenvalue weighted by atomic mass is 10.1.